The van der Waals surface area contributed by atoms with E-state index in [0.717, 1.165) is 32.1 Å². The molecule has 2 nitrogen and oxygen atoms in total. The highest BCUT2D eigenvalue weighted by atomic mass is 16.3. The molecular formula is C12H25NO. The van der Waals surface area contributed by atoms with Crippen molar-refractivity contribution in [2.45, 2.75) is 63.5 Å². The lowest BCUT2D eigenvalue weighted by Crippen LogP contribution is -2.40. The van der Waals surface area contributed by atoms with Crippen LogP contribution in [0.3, 0.4) is 0 Å². The summed E-state index contributed by atoms with van der Waals surface area (Å²) in [6.45, 7) is 2.19. The Morgan fingerprint density at radius 3 is 2.29 bits per heavy atom. The second-order valence-electron chi connectivity index (χ2n) is 5.02. The molecule has 0 amide bonds. The first kappa shape index (κ1) is 12.0. The molecule has 1 fully saturated rings. The molecule has 0 aliphatic heterocycles. The van der Waals surface area contributed by atoms with E-state index in [0.29, 0.717) is 6.04 Å². The standard InChI is InChI=1S/C12H25NO/c1-4-5-8-12(14)9-6-11(7-10-12)13(2)3/h11,14H,4-10H2,1-3H3. The summed E-state index contributed by atoms with van der Waals surface area (Å²) in [4.78, 5) is 2.29. The molecule has 0 bridgehead atoms. The maximum Gasteiger partial charge on any atom is 0.0649 e. The van der Waals surface area contributed by atoms with Crippen molar-refractivity contribution < 1.29 is 5.11 Å². The lowest BCUT2D eigenvalue weighted by atomic mass is 9.79. The van der Waals surface area contributed by atoms with E-state index in [9.17, 15) is 5.11 Å². The van der Waals surface area contributed by atoms with Crippen molar-refractivity contribution in [3.63, 3.8) is 0 Å². The molecule has 0 spiro atoms. The van der Waals surface area contributed by atoms with Crippen LogP contribution in [0.2, 0.25) is 0 Å². The highest BCUT2D eigenvalue weighted by Crippen LogP contribution is 2.33. The highest BCUT2D eigenvalue weighted by Gasteiger charge is 2.32. The topological polar surface area (TPSA) is 23.5 Å². The van der Waals surface area contributed by atoms with Gasteiger partial charge >= 0.3 is 0 Å². The highest BCUT2D eigenvalue weighted by molar-refractivity contribution is 4.87. The summed E-state index contributed by atoms with van der Waals surface area (Å²) in [5, 5.41) is 10.3. The van der Waals surface area contributed by atoms with Crippen molar-refractivity contribution in [2.75, 3.05) is 14.1 Å². The van der Waals surface area contributed by atoms with Crippen molar-refractivity contribution in [3.8, 4) is 0 Å². The molecule has 0 saturated heterocycles. The van der Waals surface area contributed by atoms with Gasteiger partial charge in [-0.05, 0) is 46.2 Å². The Bertz CT molecular complexity index is 160. The van der Waals surface area contributed by atoms with E-state index in [2.05, 4.69) is 25.9 Å². The first-order chi connectivity index (χ1) is 6.57. The first-order valence-corrected chi connectivity index (χ1v) is 5.96. The van der Waals surface area contributed by atoms with Crippen LogP contribution in [0.4, 0.5) is 0 Å². The number of hydrogen-bond acceptors (Lipinski definition) is 2. The van der Waals surface area contributed by atoms with Crippen LogP contribution in [0.25, 0.3) is 0 Å². The van der Waals surface area contributed by atoms with E-state index < -0.39 is 0 Å². The van der Waals surface area contributed by atoms with Crippen molar-refractivity contribution >= 4 is 0 Å². The van der Waals surface area contributed by atoms with E-state index in [-0.39, 0.29) is 5.60 Å². The van der Waals surface area contributed by atoms with E-state index in [4.69, 9.17) is 0 Å². The van der Waals surface area contributed by atoms with Crippen LogP contribution in [-0.4, -0.2) is 35.7 Å². The summed E-state index contributed by atoms with van der Waals surface area (Å²) in [6, 6.07) is 0.692. The van der Waals surface area contributed by atoms with Gasteiger partial charge in [-0.3, -0.25) is 0 Å². The Hall–Kier alpha value is -0.0800. The predicted molar refractivity (Wildman–Crippen MR) is 60.4 cm³/mol. The Kier molecular flexibility index (Phi) is 4.39. The molecule has 0 aromatic heterocycles. The summed E-state index contributed by atoms with van der Waals surface area (Å²) >= 11 is 0. The summed E-state index contributed by atoms with van der Waals surface area (Å²) < 4.78 is 0. The number of rotatable bonds is 4. The zero-order chi connectivity index (χ0) is 10.6. The molecule has 0 heterocycles. The van der Waals surface area contributed by atoms with Crippen LogP contribution in [0, 0.1) is 0 Å². The average Bonchev–Trinajstić information content (AvgIpc) is 2.16. The molecule has 2 heteroatoms. The van der Waals surface area contributed by atoms with Crippen LogP contribution >= 0.6 is 0 Å². The number of aliphatic hydroxyl groups is 1. The normalized spacial score (nSPS) is 33.6. The van der Waals surface area contributed by atoms with Crippen molar-refractivity contribution in [1.29, 1.82) is 0 Å². The van der Waals surface area contributed by atoms with E-state index in [1.165, 1.54) is 12.8 Å². The molecule has 1 aliphatic rings. The molecule has 0 unspecified atom stereocenters. The van der Waals surface area contributed by atoms with Crippen LogP contribution in [0.15, 0.2) is 0 Å². The second-order valence-corrected chi connectivity index (χ2v) is 5.02. The first-order valence-electron chi connectivity index (χ1n) is 5.96. The quantitative estimate of drug-likeness (QED) is 0.751. The molecule has 1 rings (SSSR count). The summed E-state index contributed by atoms with van der Waals surface area (Å²) in [5.41, 5.74) is -0.331. The predicted octanol–water partition coefficient (Wildman–Crippen LogP) is 2.41. The summed E-state index contributed by atoms with van der Waals surface area (Å²) in [6.07, 6.45) is 7.68. The van der Waals surface area contributed by atoms with Gasteiger partial charge in [0, 0.05) is 6.04 Å². The van der Waals surface area contributed by atoms with Crippen LogP contribution in [0.1, 0.15) is 51.9 Å². The van der Waals surface area contributed by atoms with Gasteiger partial charge in [-0.2, -0.15) is 0 Å². The average molecular weight is 199 g/mol. The monoisotopic (exact) mass is 199 g/mol. The maximum absolute atomic E-state index is 10.3. The van der Waals surface area contributed by atoms with E-state index in [1.54, 1.807) is 0 Å². The zero-order valence-electron chi connectivity index (χ0n) is 9.92. The molecule has 1 saturated carbocycles. The van der Waals surface area contributed by atoms with Crippen LogP contribution in [0.5, 0.6) is 0 Å². The largest absolute Gasteiger partial charge is 0.390 e. The Morgan fingerprint density at radius 1 is 1.29 bits per heavy atom. The Morgan fingerprint density at radius 2 is 1.86 bits per heavy atom. The third kappa shape index (κ3) is 3.25. The van der Waals surface area contributed by atoms with Crippen molar-refractivity contribution in [2.24, 2.45) is 0 Å². The SMILES string of the molecule is CCCCC1(O)CCC(N(C)C)CC1. The third-order valence-corrected chi connectivity index (χ3v) is 3.61. The minimum absolute atomic E-state index is 0.331. The molecule has 14 heavy (non-hydrogen) atoms. The van der Waals surface area contributed by atoms with Gasteiger partial charge in [0.2, 0.25) is 0 Å². The van der Waals surface area contributed by atoms with Gasteiger partial charge in [0.05, 0.1) is 5.60 Å². The number of unbranched alkanes of at least 4 members (excludes halogenated alkanes) is 1. The fourth-order valence-corrected chi connectivity index (χ4v) is 2.41. The summed E-state index contributed by atoms with van der Waals surface area (Å²) in [7, 11) is 4.28. The Labute approximate surface area is 88.3 Å². The van der Waals surface area contributed by atoms with Crippen LogP contribution in [-0.2, 0) is 0 Å². The van der Waals surface area contributed by atoms with Crippen molar-refractivity contribution in [3.05, 3.63) is 0 Å². The summed E-state index contributed by atoms with van der Waals surface area (Å²) in [5.74, 6) is 0. The van der Waals surface area contributed by atoms with E-state index >= 15 is 0 Å². The fourth-order valence-electron chi connectivity index (χ4n) is 2.41. The smallest absolute Gasteiger partial charge is 0.0649 e. The third-order valence-electron chi connectivity index (χ3n) is 3.61. The molecule has 84 valence electrons. The molecule has 0 aromatic rings. The lowest BCUT2D eigenvalue weighted by molar-refractivity contribution is -0.0225. The maximum atomic E-state index is 10.3. The van der Waals surface area contributed by atoms with Gasteiger partial charge in [-0.25, -0.2) is 0 Å². The number of nitrogens with zero attached hydrogens (tertiary/aromatic N) is 1. The molecule has 0 radical (unpaired) electrons. The minimum atomic E-state index is -0.331. The minimum Gasteiger partial charge on any atom is -0.390 e. The number of hydrogen-bond donors (Lipinski definition) is 1. The molecule has 1 N–H and O–H groups in total. The second kappa shape index (κ2) is 5.13. The van der Waals surface area contributed by atoms with Gasteiger partial charge in [0.15, 0.2) is 0 Å². The molecule has 0 atom stereocenters. The lowest BCUT2D eigenvalue weighted by Gasteiger charge is -2.38. The molecule has 0 aromatic carbocycles. The fraction of sp³-hybridized carbons (Fsp3) is 1.00. The van der Waals surface area contributed by atoms with Gasteiger partial charge in [0.25, 0.3) is 0 Å². The zero-order valence-corrected chi connectivity index (χ0v) is 9.92. The van der Waals surface area contributed by atoms with Gasteiger partial charge in [-0.15, -0.1) is 0 Å². The van der Waals surface area contributed by atoms with E-state index in [1.807, 2.05) is 0 Å². The van der Waals surface area contributed by atoms with Gasteiger partial charge in [0.1, 0.15) is 0 Å². The Balaban J connectivity index is 2.33. The molecule has 1 aliphatic carbocycles. The van der Waals surface area contributed by atoms with Crippen LogP contribution < -0.4 is 0 Å². The molecular weight excluding hydrogens is 174 g/mol. The van der Waals surface area contributed by atoms with Gasteiger partial charge < -0.3 is 10.0 Å². The van der Waals surface area contributed by atoms with Gasteiger partial charge in [-0.1, -0.05) is 19.8 Å². The van der Waals surface area contributed by atoms with Crippen molar-refractivity contribution in [1.82, 2.24) is 4.90 Å².